The number of nitrogen functional groups attached to an aromatic ring is 1. The average molecular weight is 383 g/mol. The number of carbonyl (C=O) groups excluding carboxylic acids is 1. The molecule has 0 aliphatic heterocycles. The first-order valence-electron chi connectivity index (χ1n) is 8.48. The largest absolute Gasteiger partial charge is 0.492 e. The van der Waals surface area contributed by atoms with E-state index in [9.17, 15) is 4.79 Å². The third-order valence-corrected chi connectivity index (χ3v) is 4.82. The molecule has 140 valence electrons. The molecule has 7 nitrogen and oxygen atoms in total. The van der Waals surface area contributed by atoms with Crippen LogP contribution >= 0.6 is 11.8 Å². The van der Waals surface area contributed by atoms with Gasteiger partial charge >= 0.3 is 0 Å². The molecular formula is C19H21N5O2S. The van der Waals surface area contributed by atoms with Crippen LogP contribution in [-0.2, 0) is 11.8 Å². The van der Waals surface area contributed by atoms with Crippen LogP contribution in [0.1, 0.15) is 6.92 Å². The second-order valence-electron chi connectivity index (χ2n) is 5.75. The normalized spacial score (nSPS) is 10.6. The molecule has 0 aliphatic rings. The fraction of sp³-hybridized carbons (Fsp3) is 0.211. The molecule has 0 atom stereocenters. The van der Waals surface area contributed by atoms with E-state index < -0.39 is 0 Å². The zero-order chi connectivity index (χ0) is 19.2. The molecule has 3 rings (SSSR count). The summed E-state index contributed by atoms with van der Waals surface area (Å²) in [5, 5.41) is 11.9. The summed E-state index contributed by atoms with van der Waals surface area (Å²) in [5.41, 5.74) is 7.99. The van der Waals surface area contributed by atoms with E-state index in [0.717, 1.165) is 11.4 Å². The van der Waals surface area contributed by atoms with Crippen molar-refractivity contribution < 1.29 is 9.53 Å². The van der Waals surface area contributed by atoms with E-state index in [1.54, 1.807) is 0 Å². The number of amides is 1. The smallest absolute Gasteiger partial charge is 0.234 e. The van der Waals surface area contributed by atoms with Crippen LogP contribution in [0.4, 0.5) is 11.4 Å². The summed E-state index contributed by atoms with van der Waals surface area (Å²) >= 11 is 1.32. The maximum atomic E-state index is 12.3. The average Bonchev–Trinajstić information content (AvgIpc) is 3.03. The third kappa shape index (κ3) is 4.59. The summed E-state index contributed by atoms with van der Waals surface area (Å²) in [6.07, 6.45) is 0. The van der Waals surface area contributed by atoms with Crippen molar-refractivity contribution in [2.45, 2.75) is 12.1 Å². The van der Waals surface area contributed by atoms with Crippen molar-refractivity contribution in [2.24, 2.45) is 7.05 Å². The van der Waals surface area contributed by atoms with E-state index >= 15 is 0 Å². The summed E-state index contributed by atoms with van der Waals surface area (Å²) in [4.78, 5) is 12.3. The number of carbonyl (C=O) groups is 1. The zero-order valence-corrected chi connectivity index (χ0v) is 16.0. The quantitative estimate of drug-likeness (QED) is 0.481. The number of nitrogens with zero attached hydrogens (tertiary/aromatic N) is 3. The van der Waals surface area contributed by atoms with Crippen LogP contribution in [0.25, 0.3) is 11.4 Å². The maximum absolute atomic E-state index is 12.3. The highest BCUT2D eigenvalue weighted by molar-refractivity contribution is 7.99. The molecule has 1 heterocycles. The topological polar surface area (TPSA) is 95.1 Å². The molecule has 0 unspecified atom stereocenters. The molecular weight excluding hydrogens is 362 g/mol. The molecule has 0 fully saturated rings. The number of anilines is 2. The highest BCUT2D eigenvalue weighted by atomic mass is 32.2. The molecule has 2 aromatic carbocycles. The van der Waals surface area contributed by atoms with E-state index in [-0.39, 0.29) is 11.7 Å². The molecule has 1 aromatic heterocycles. The molecule has 0 radical (unpaired) electrons. The van der Waals surface area contributed by atoms with Crippen molar-refractivity contribution in [3.05, 3.63) is 48.5 Å². The maximum Gasteiger partial charge on any atom is 0.234 e. The van der Waals surface area contributed by atoms with E-state index in [1.165, 1.54) is 11.8 Å². The van der Waals surface area contributed by atoms with Gasteiger partial charge in [-0.3, -0.25) is 4.79 Å². The predicted octanol–water partition coefficient (Wildman–Crippen LogP) is 3.19. The first kappa shape index (κ1) is 18.8. The number of nitrogens with two attached hydrogens (primary N) is 1. The van der Waals surface area contributed by atoms with Crippen molar-refractivity contribution in [2.75, 3.05) is 23.4 Å². The van der Waals surface area contributed by atoms with Gasteiger partial charge in [0.1, 0.15) is 5.75 Å². The molecule has 3 aromatic rings. The minimum atomic E-state index is -0.135. The molecule has 0 bridgehead atoms. The summed E-state index contributed by atoms with van der Waals surface area (Å²) in [5.74, 6) is 1.46. The van der Waals surface area contributed by atoms with Gasteiger partial charge in [-0.25, -0.2) is 0 Å². The first-order valence-corrected chi connectivity index (χ1v) is 9.47. The number of aromatic nitrogens is 3. The van der Waals surface area contributed by atoms with Gasteiger partial charge in [0.25, 0.3) is 0 Å². The van der Waals surface area contributed by atoms with Crippen molar-refractivity contribution in [3.8, 4) is 17.1 Å². The Morgan fingerprint density at radius 3 is 2.67 bits per heavy atom. The lowest BCUT2D eigenvalue weighted by atomic mass is 10.2. The summed E-state index contributed by atoms with van der Waals surface area (Å²) in [7, 11) is 1.87. The number of thioether (sulfide) groups is 1. The molecule has 8 heteroatoms. The number of rotatable bonds is 7. The number of hydrogen-bond acceptors (Lipinski definition) is 6. The Balaban J connectivity index is 1.64. The molecule has 27 heavy (non-hydrogen) atoms. The number of para-hydroxylation sites is 2. The van der Waals surface area contributed by atoms with Crippen LogP contribution in [0, 0.1) is 0 Å². The highest BCUT2D eigenvalue weighted by Gasteiger charge is 2.14. The third-order valence-electron chi connectivity index (χ3n) is 3.80. The standard InChI is InChI=1S/C19H21N5O2S/c1-3-26-16-7-5-4-6-15(16)21-17(25)12-27-19-23-22-18(24(19)2)13-8-10-14(20)11-9-13/h4-11H,3,12,20H2,1-2H3,(H,21,25). The van der Waals surface area contributed by atoms with Crippen LogP contribution in [0.3, 0.4) is 0 Å². The van der Waals surface area contributed by atoms with Crippen LogP contribution in [0.5, 0.6) is 5.75 Å². The van der Waals surface area contributed by atoms with E-state index in [1.807, 2.05) is 67.1 Å². The van der Waals surface area contributed by atoms with E-state index in [4.69, 9.17) is 10.5 Å². The van der Waals surface area contributed by atoms with Crippen LogP contribution in [0.2, 0.25) is 0 Å². The van der Waals surface area contributed by atoms with Crippen LogP contribution < -0.4 is 15.8 Å². The Morgan fingerprint density at radius 2 is 1.93 bits per heavy atom. The number of benzene rings is 2. The highest BCUT2D eigenvalue weighted by Crippen LogP contribution is 2.26. The predicted molar refractivity (Wildman–Crippen MR) is 108 cm³/mol. The van der Waals surface area contributed by atoms with Gasteiger partial charge in [-0.1, -0.05) is 23.9 Å². The summed E-state index contributed by atoms with van der Waals surface area (Å²) in [6.45, 7) is 2.44. The van der Waals surface area contributed by atoms with Crippen molar-refractivity contribution >= 4 is 29.0 Å². The summed E-state index contributed by atoms with van der Waals surface area (Å²) < 4.78 is 7.38. The molecule has 0 saturated carbocycles. The Bertz CT molecular complexity index is 924. The minimum Gasteiger partial charge on any atom is -0.492 e. The lowest BCUT2D eigenvalue weighted by Crippen LogP contribution is -2.15. The Labute approximate surface area is 161 Å². The molecule has 3 N–H and O–H groups in total. The van der Waals surface area contributed by atoms with Crippen molar-refractivity contribution in [3.63, 3.8) is 0 Å². The van der Waals surface area contributed by atoms with Gasteiger partial charge in [-0.2, -0.15) is 0 Å². The van der Waals surface area contributed by atoms with Crippen molar-refractivity contribution in [1.82, 2.24) is 14.8 Å². The van der Waals surface area contributed by atoms with E-state index in [0.29, 0.717) is 28.9 Å². The van der Waals surface area contributed by atoms with Crippen LogP contribution in [0.15, 0.2) is 53.7 Å². The lowest BCUT2D eigenvalue weighted by Gasteiger charge is -2.11. The van der Waals surface area contributed by atoms with Gasteiger partial charge in [0, 0.05) is 18.3 Å². The second kappa shape index (κ2) is 8.59. The molecule has 0 saturated heterocycles. The number of ether oxygens (including phenoxy) is 1. The number of nitrogens with one attached hydrogen (secondary N) is 1. The monoisotopic (exact) mass is 383 g/mol. The second-order valence-corrected chi connectivity index (χ2v) is 6.70. The molecule has 1 amide bonds. The first-order chi connectivity index (χ1) is 13.1. The number of hydrogen-bond donors (Lipinski definition) is 2. The van der Waals surface area contributed by atoms with Gasteiger partial charge in [-0.05, 0) is 43.3 Å². The fourth-order valence-electron chi connectivity index (χ4n) is 2.49. The van der Waals surface area contributed by atoms with Crippen molar-refractivity contribution in [1.29, 1.82) is 0 Å². The van der Waals surface area contributed by atoms with E-state index in [2.05, 4.69) is 15.5 Å². The Morgan fingerprint density at radius 1 is 1.19 bits per heavy atom. The Hall–Kier alpha value is -3.00. The van der Waals surface area contributed by atoms with Gasteiger partial charge in [0.05, 0.1) is 18.0 Å². The van der Waals surface area contributed by atoms with Gasteiger partial charge in [0.2, 0.25) is 5.91 Å². The van der Waals surface area contributed by atoms with Gasteiger partial charge in [0.15, 0.2) is 11.0 Å². The molecule has 0 spiro atoms. The minimum absolute atomic E-state index is 0.135. The summed E-state index contributed by atoms with van der Waals surface area (Å²) in [6, 6.07) is 14.8. The zero-order valence-electron chi connectivity index (χ0n) is 15.2. The fourth-order valence-corrected chi connectivity index (χ4v) is 3.20. The lowest BCUT2D eigenvalue weighted by molar-refractivity contribution is -0.113. The van der Waals surface area contributed by atoms with Crippen LogP contribution in [-0.4, -0.2) is 33.0 Å². The van der Waals surface area contributed by atoms with Gasteiger partial charge in [-0.15, -0.1) is 10.2 Å². The van der Waals surface area contributed by atoms with Gasteiger partial charge < -0.3 is 20.4 Å². The SMILES string of the molecule is CCOc1ccccc1NC(=O)CSc1nnc(-c2ccc(N)cc2)n1C. The molecule has 0 aliphatic carbocycles. The Kier molecular flexibility index (Phi) is 5.97.